The first-order chi connectivity index (χ1) is 9.31. The molecule has 0 aromatic heterocycles. The number of aliphatic hydroxyl groups is 1. The molecule has 0 heterocycles. The van der Waals surface area contributed by atoms with Crippen molar-refractivity contribution in [2.75, 3.05) is 12.3 Å². The van der Waals surface area contributed by atoms with E-state index in [2.05, 4.69) is 20.7 Å². The van der Waals surface area contributed by atoms with Gasteiger partial charge in [-0.05, 0) is 24.1 Å². The van der Waals surface area contributed by atoms with Crippen molar-refractivity contribution in [3.8, 4) is 0 Å². The molecule has 0 aliphatic heterocycles. The first-order valence-electron chi connectivity index (χ1n) is 6.54. The number of rotatable bonds is 7. The van der Waals surface area contributed by atoms with E-state index < -0.39 is 16.1 Å². The maximum absolute atomic E-state index is 12.2. The summed E-state index contributed by atoms with van der Waals surface area (Å²) in [7, 11) is -3.71. The SMILES string of the molecule is CCC(CC)C(O)CNS(=O)(=O)c1ccc(Br)cc1N. The largest absolute Gasteiger partial charge is 0.398 e. The minimum atomic E-state index is -3.71. The van der Waals surface area contributed by atoms with E-state index in [0.29, 0.717) is 4.47 Å². The second-order valence-corrected chi connectivity index (χ2v) is 7.33. The van der Waals surface area contributed by atoms with Crippen LogP contribution in [0, 0.1) is 5.92 Å². The molecule has 0 saturated carbocycles. The van der Waals surface area contributed by atoms with E-state index in [1.807, 2.05) is 13.8 Å². The molecule has 1 atom stereocenters. The molecule has 0 saturated heterocycles. The monoisotopic (exact) mass is 364 g/mol. The van der Waals surface area contributed by atoms with Crippen molar-refractivity contribution in [2.45, 2.75) is 37.7 Å². The molecule has 1 aromatic rings. The zero-order valence-corrected chi connectivity index (χ0v) is 14.0. The van der Waals surface area contributed by atoms with Crippen molar-refractivity contribution < 1.29 is 13.5 Å². The number of sulfonamides is 1. The van der Waals surface area contributed by atoms with E-state index in [0.717, 1.165) is 12.8 Å². The Balaban J connectivity index is 2.80. The van der Waals surface area contributed by atoms with Crippen LogP contribution in [0.4, 0.5) is 5.69 Å². The highest BCUT2D eigenvalue weighted by atomic mass is 79.9. The average Bonchev–Trinajstić information content (AvgIpc) is 2.37. The molecule has 4 N–H and O–H groups in total. The lowest BCUT2D eigenvalue weighted by Crippen LogP contribution is -2.36. The molecule has 114 valence electrons. The van der Waals surface area contributed by atoms with Crippen molar-refractivity contribution in [1.29, 1.82) is 0 Å². The Bertz CT molecular complexity index is 545. The van der Waals surface area contributed by atoms with Gasteiger partial charge in [-0.1, -0.05) is 42.6 Å². The Morgan fingerprint density at radius 1 is 1.35 bits per heavy atom. The lowest BCUT2D eigenvalue weighted by molar-refractivity contribution is 0.107. The highest BCUT2D eigenvalue weighted by molar-refractivity contribution is 9.10. The summed E-state index contributed by atoms with van der Waals surface area (Å²) in [5, 5.41) is 9.97. The van der Waals surface area contributed by atoms with Crippen LogP contribution in [0.2, 0.25) is 0 Å². The van der Waals surface area contributed by atoms with Gasteiger partial charge in [-0.2, -0.15) is 0 Å². The van der Waals surface area contributed by atoms with Crippen LogP contribution >= 0.6 is 15.9 Å². The third-order valence-electron chi connectivity index (χ3n) is 3.34. The van der Waals surface area contributed by atoms with E-state index in [-0.39, 0.29) is 23.0 Å². The van der Waals surface area contributed by atoms with Crippen LogP contribution in [0.25, 0.3) is 0 Å². The molecule has 0 amide bonds. The normalized spacial score (nSPS) is 13.7. The summed E-state index contributed by atoms with van der Waals surface area (Å²) >= 11 is 3.23. The van der Waals surface area contributed by atoms with Crippen LogP contribution in [0.5, 0.6) is 0 Å². The minimum Gasteiger partial charge on any atom is -0.398 e. The Morgan fingerprint density at radius 3 is 2.45 bits per heavy atom. The van der Waals surface area contributed by atoms with Crippen molar-refractivity contribution in [1.82, 2.24) is 4.72 Å². The van der Waals surface area contributed by atoms with Gasteiger partial charge in [0.25, 0.3) is 0 Å². The number of nitrogen functional groups attached to an aromatic ring is 1. The third kappa shape index (κ3) is 4.44. The van der Waals surface area contributed by atoms with E-state index in [9.17, 15) is 13.5 Å². The summed E-state index contributed by atoms with van der Waals surface area (Å²) < 4.78 is 27.4. The van der Waals surface area contributed by atoms with Gasteiger partial charge in [0.15, 0.2) is 0 Å². The number of anilines is 1. The summed E-state index contributed by atoms with van der Waals surface area (Å²) in [6, 6.07) is 4.58. The minimum absolute atomic E-state index is 0.00974. The van der Waals surface area contributed by atoms with Crippen LogP contribution in [0.1, 0.15) is 26.7 Å². The molecule has 7 heteroatoms. The summed E-state index contributed by atoms with van der Waals surface area (Å²) in [6.07, 6.45) is 0.913. The van der Waals surface area contributed by atoms with Crippen molar-refractivity contribution in [3.63, 3.8) is 0 Å². The Labute approximate surface area is 128 Å². The van der Waals surface area contributed by atoms with E-state index in [1.54, 1.807) is 6.07 Å². The molecule has 1 rings (SSSR count). The fourth-order valence-electron chi connectivity index (χ4n) is 2.04. The van der Waals surface area contributed by atoms with E-state index in [4.69, 9.17) is 5.73 Å². The smallest absolute Gasteiger partial charge is 0.242 e. The van der Waals surface area contributed by atoms with Gasteiger partial charge in [-0.25, -0.2) is 13.1 Å². The Kier molecular flexibility index (Phi) is 6.44. The number of hydrogen-bond donors (Lipinski definition) is 3. The molecule has 0 aliphatic rings. The molecule has 0 aliphatic carbocycles. The van der Waals surface area contributed by atoms with Gasteiger partial charge in [0.05, 0.1) is 11.8 Å². The average molecular weight is 365 g/mol. The topological polar surface area (TPSA) is 92.4 Å². The summed E-state index contributed by atoms with van der Waals surface area (Å²) in [4.78, 5) is 0.0254. The quantitative estimate of drug-likeness (QED) is 0.646. The molecule has 5 nitrogen and oxygen atoms in total. The number of benzene rings is 1. The van der Waals surface area contributed by atoms with Gasteiger partial charge in [0.2, 0.25) is 10.0 Å². The molecule has 1 aromatic carbocycles. The first-order valence-corrected chi connectivity index (χ1v) is 8.82. The second kappa shape index (κ2) is 7.40. The number of halogens is 1. The van der Waals surface area contributed by atoms with E-state index >= 15 is 0 Å². The predicted molar refractivity (Wildman–Crippen MR) is 83.8 cm³/mol. The van der Waals surface area contributed by atoms with Gasteiger partial charge >= 0.3 is 0 Å². The van der Waals surface area contributed by atoms with Crippen LogP contribution in [-0.2, 0) is 10.0 Å². The van der Waals surface area contributed by atoms with Crippen LogP contribution in [0.3, 0.4) is 0 Å². The lowest BCUT2D eigenvalue weighted by atomic mass is 9.97. The maximum atomic E-state index is 12.2. The first kappa shape index (κ1) is 17.4. The van der Waals surface area contributed by atoms with Crippen LogP contribution < -0.4 is 10.5 Å². The molecular weight excluding hydrogens is 344 g/mol. The van der Waals surface area contributed by atoms with Gasteiger partial charge in [0.1, 0.15) is 4.90 Å². The molecule has 20 heavy (non-hydrogen) atoms. The molecular formula is C13H21BrN2O3S. The number of hydrogen-bond acceptors (Lipinski definition) is 4. The van der Waals surface area contributed by atoms with Crippen molar-refractivity contribution in [2.24, 2.45) is 5.92 Å². The highest BCUT2D eigenvalue weighted by Gasteiger charge is 2.21. The Morgan fingerprint density at radius 2 is 1.95 bits per heavy atom. The maximum Gasteiger partial charge on any atom is 0.242 e. The predicted octanol–water partition coefficient (Wildman–Crippen LogP) is 2.11. The summed E-state index contributed by atoms with van der Waals surface area (Å²) in [6.45, 7) is 3.93. The fraction of sp³-hybridized carbons (Fsp3) is 0.538. The molecule has 0 bridgehead atoms. The van der Waals surface area contributed by atoms with E-state index in [1.165, 1.54) is 12.1 Å². The summed E-state index contributed by atoms with van der Waals surface area (Å²) in [5.41, 5.74) is 5.88. The Hall–Kier alpha value is -0.630. The van der Waals surface area contributed by atoms with Gasteiger partial charge in [-0.3, -0.25) is 0 Å². The standard InChI is InChI=1S/C13H21BrN2O3S/c1-3-9(4-2)12(17)8-16-20(18,19)13-6-5-10(14)7-11(13)15/h5-7,9,12,16-17H,3-4,8,15H2,1-2H3. The third-order valence-corrected chi connectivity index (χ3v) is 5.33. The highest BCUT2D eigenvalue weighted by Crippen LogP contribution is 2.22. The number of nitrogens with one attached hydrogen (secondary N) is 1. The molecule has 0 fully saturated rings. The number of aliphatic hydroxyl groups excluding tert-OH is 1. The zero-order chi connectivity index (χ0) is 15.3. The lowest BCUT2D eigenvalue weighted by Gasteiger charge is -2.20. The van der Waals surface area contributed by atoms with Crippen LogP contribution in [-0.4, -0.2) is 26.2 Å². The van der Waals surface area contributed by atoms with Crippen LogP contribution in [0.15, 0.2) is 27.6 Å². The number of nitrogens with two attached hydrogens (primary N) is 1. The summed E-state index contributed by atoms with van der Waals surface area (Å²) in [5.74, 6) is 0.0833. The van der Waals surface area contributed by atoms with Crippen molar-refractivity contribution in [3.05, 3.63) is 22.7 Å². The van der Waals surface area contributed by atoms with Gasteiger partial charge in [-0.15, -0.1) is 0 Å². The fourth-order valence-corrected chi connectivity index (χ4v) is 3.58. The molecule has 0 radical (unpaired) electrons. The van der Waals surface area contributed by atoms with Gasteiger partial charge in [0, 0.05) is 11.0 Å². The second-order valence-electron chi connectivity index (χ2n) is 4.68. The zero-order valence-electron chi connectivity index (χ0n) is 11.6. The van der Waals surface area contributed by atoms with Gasteiger partial charge < -0.3 is 10.8 Å². The molecule has 1 unspecified atom stereocenters. The van der Waals surface area contributed by atoms with Crippen molar-refractivity contribution >= 4 is 31.6 Å². The molecule has 0 spiro atoms.